The molecule has 0 fully saturated rings. The molecule has 3 N–H and O–H groups in total. The van der Waals surface area contributed by atoms with Crippen LogP contribution in [-0.2, 0) is 26.2 Å². The first-order valence-corrected chi connectivity index (χ1v) is 11.4. The van der Waals surface area contributed by atoms with Gasteiger partial charge in [0.2, 0.25) is 21.8 Å². The Labute approximate surface area is 182 Å². The molecular weight excluding hydrogens is 426 g/mol. The van der Waals surface area contributed by atoms with E-state index in [1.54, 1.807) is 30.3 Å². The molecule has 30 heavy (non-hydrogen) atoms. The molecule has 2 rings (SSSR count). The van der Waals surface area contributed by atoms with Crippen molar-refractivity contribution < 1.29 is 18.0 Å². The molecule has 0 saturated heterocycles. The van der Waals surface area contributed by atoms with E-state index in [0.29, 0.717) is 17.1 Å². The first kappa shape index (κ1) is 23.9. The fourth-order valence-corrected chi connectivity index (χ4v) is 3.98. The van der Waals surface area contributed by atoms with Gasteiger partial charge in [-0.15, -0.1) is 0 Å². The number of benzene rings is 2. The van der Waals surface area contributed by atoms with Gasteiger partial charge in [0.25, 0.3) is 0 Å². The first-order chi connectivity index (χ1) is 14.2. The minimum atomic E-state index is -3.73. The second-order valence-corrected chi connectivity index (χ2v) is 9.43. The number of halogens is 1. The zero-order valence-electron chi connectivity index (χ0n) is 16.9. The van der Waals surface area contributed by atoms with Crippen LogP contribution in [0.5, 0.6) is 0 Å². The molecule has 0 unspecified atom stereocenters. The summed E-state index contributed by atoms with van der Waals surface area (Å²) >= 11 is 5.82. The average molecular weight is 452 g/mol. The molecule has 7 nitrogen and oxygen atoms in total. The Kier molecular flexibility index (Phi) is 8.83. The normalized spacial score (nSPS) is 11.3. The number of sulfonamides is 1. The van der Waals surface area contributed by atoms with Crippen LogP contribution in [0.2, 0.25) is 5.02 Å². The van der Waals surface area contributed by atoms with Gasteiger partial charge in [-0.1, -0.05) is 43.6 Å². The van der Waals surface area contributed by atoms with Gasteiger partial charge >= 0.3 is 0 Å². The van der Waals surface area contributed by atoms with E-state index in [1.165, 1.54) is 12.1 Å². The van der Waals surface area contributed by atoms with Gasteiger partial charge in [-0.2, -0.15) is 0 Å². The highest BCUT2D eigenvalue weighted by molar-refractivity contribution is 7.89. The highest BCUT2D eigenvalue weighted by Gasteiger charge is 2.14. The second-order valence-electron chi connectivity index (χ2n) is 7.23. The number of amides is 2. The maximum Gasteiger partial charge on any atom is 0.240 e. The molecular formula is C21H26ClN3O4S. The number of anilines is 1. The van der Waals surface area contributed by atoms with Crippen molar-refractivity contribution in [2.24, 2.45) is 5.92 Å². The van der Waals surface area contributed by atoms with E-state index in [4.69, 9.17) is 11.6 Å². The smallest absolute Gasteiger partial charge is 0.240 e. The molecule has 0 aliphatic heterocycles. The van der Waals surface area contributed by atoms with Gasteiger partial charge in [-0.25, -0.2) is 13.1 Å². The molecule has 0 bridgehead atoms. The van der Waals surface area contributed by atoms with Crippen LogP contribution in [-0.4, -0.2) is 26.8 Å². The van der Waals surface area contributed by atoms with Crippen molar-refractivity contribution in [3.8, 4) is 0 Å². The highest BCUT2D eigenvalue weighted by atomic mass is 35.5. The van der Waals surface area contributed by atoms with Crippen LogP contribution in [0.4, 0.5) is 5.69 Å². The van der Waals surface area contributed by atoms with E-state index in [-0.39, 0.29) is 42.1 Å². The zero-order valence-corrected chi connectivity index (χ0v) is 18.5. The molecule has 0 spiro atoms. The Morgan fingerprint density at radius 2 is 1.77 bits per heavy atom. The number of carbonyl (C=O) groups excluding carboxylic acids is 2. The van der Waals surface area contributed by atoms with Crippen molar-refractivity contribution in [2.75, 3.05) is 11.9 Å². The largest absolute Gasteiger partial charge is 0.352 e. The van der Waals surface area contributed by atoms with E-state index >= 15 is 0 Å². The van der Waals surface area contributed by atoms with Gasteiger partial charge in [0.05, 0.1) is 4.90 Å². The lowest BCUT2D eigenvalue weighted by molar-refractivity contribution is -0.121. The Hall–Kier alpha value is -2.42. The molecule has 9 heteroatoms. The third-order valence-electron chi connectivity index (χ3n) is 4.04. The van der Waals surface area contributed by atoms with Crippen LogP contribution >= 0.6 is 11.6 Å². The Bertz CT molecular complexity index is 993. The summed E-state index contributed by atoms with van der Waals surface area (Å²) in [6.45, 7) is 4.18. The van der Waals surface area contributed by atoms with Crippen LogP contribution in [0.25, 0.3) is 0 Å². The molecule has 2 aromatic carbocycles. The highest BCUT2D eigenvalue weighted by Crippen LogP contribution is 2.15. The Morgan fingerprint density at radius 3 is 2.47 bits per heavy atom. The minimum Gasteiger partial charge on any atom is -0.352 e. The van der Waals surface area contributed by atoms with Gasteiger partial charge in [0, 0.05) is 36.6 Å². The lowest BCUT2D eigenvalue weighted by atomic mass is 10.1. The van der Waals surface area contributed by atoms with E-state index in [0.717, 1.165) is 5.56 Å². The molecule has 0 heterocycles. The summed E-state index contributed by atoms with van der Waals surface area (Å²) in [5.41, 5.74) is 1.49. The molecule has 0 aromatic heterocycles. The van der Waals surface area contributed by atoms with E-state index in [1.807, 2.05) is 19.9 Å². The summed E-state index contributed by atoms with van der Waals surface area (Å²) in [5, 5.41) is 5.89. The van der Waals surface area contributed by atoms with E-state index < -0.39 is 10.0 Å². The summed E-state index contributed by atoms with van der Waals surface area (Å²) in [6.07, 6.45) is 0.427. The van der Waals surface area contributed by atoms with Gasteiger partial charge < -0.3 is 10.6 Å². The minimum absolute atomic E-state index is 0.00931. The van der Waals surface area contributed by atoms with Gasteiger partial charge in [-0.05, 0) is 41.8 Å². The molecule has 2 aromatic rings. The summed E-state index contributed by atoms with van der Waals surface area (Å²) in [6, 6.07) is 13.1. The van der Waals surface area contributed by atoms with Crippen molar-refractivity contribution in [3.63, 3.8) is 0 Å². The molecule has 162 valence electrons. The van der Waals surface area contributed by atoms with Gasteiger partial charge in [-0.3, -0.25) is 9.59 Å². The number of hydrogen-bond acceptors (Lipinski definition) is 4. The summed E-state index contributed by atoms with van der Waals surface area (Å²) in [7, 11) is -3.73. The van der Waals surface area contributed by atoms with Crippen molar-refractivity contribution in [3.05, 3.63) is 59.1 Å². The lowest BCUT2D eigenvalue weighted by Gasteiger charge is -2.10. The average Bonchev–Trinajstić information content (AvgIpc) is 2.66. The molecule has 2 amide bonds. The van der Waals surface area contributed by atoms with Crippen LogP contribution < -0.4 is 15.4 Å². The predicted octanol–water partition coefficient (Wildman–Crippen LogP) is 3.31. The lowest BCUT2D eigenvalue weighted by Crippen LogP contribution is -2.30. The van der Waals surface area contributed by atoms with Crippen LogP contribution in [0.3, 0.4) is 0 Å². The summed E-state index contributed by atoms with van der Waals surface area (Å²) in [4.78, 5) is 24.0. The first-order valence-electron chi connectivity index (χ1n) is 9.56. The fraction of sp³-hybridized carbons (Fsp3) is 0.333. The maximum absolute atomic E-state index is 12.2. The van der Waals surface area contributed by atoms with Gasteiger partial charge in [0.15, 0.2) is 0 Å². The van der Waals surface area contributed by atoms with Crippen molar-refractivity contribution in [1.29, 1.82) is 0 Å². The summed E-state index contributed by atoms with van der Waals surface area (Å²) < 4.78 is 26.8. The topological polar surface area (TPSA) is 104 Å². The number of nitrogens with one attached hydrogen (secondary N) is 3. The van der Waals surface area contributed by atoms with Crippen LogP contribution in [0.1, 0.15) is 32.3 Å². The molecule has 0 atom stereocenters. The van der Waals surface area contributed by atoms with Crippen molar-refractivity contribution >= 4 is 39.1 Å². The van der Waals surface area contributed by atoms with Gasteiger partial charge in [0.1, 0.15) is 0 Å². The quantitative estimate of drug-likeness (QED) is 0.515. The molecule has 0 saturated carbocycles. The Balaban J connectivity index is 1.79. The third kappa shape index (κ3) is 8.14. The number of carbonyl (C=O) groups is 2. The van der Waals surface area contributed by atoms with Crippen molar-refractivity contribution in [1.82, 2.24) is 10.0 Å². The van der Waals surface area contributed by atoms with E-state index in [2.05, 4.69) is 15.4 Å². The number of hydrogen-bond donors (Lipinski definition) is 3. The summed E-state index contributed by atoms with van der Waals surface area (Å²) in [5.74, 6) is -0.0833. The van der Waals surface area contributed by atoms with Crippen molar-refractivity contribution in [2.45, 2.75) is 38.1 Å². The Morgan fingerprint density at radius 1 is 1.03 bits per heavy atom. The molecule has 0 aliphatic carbocycles. The zero-order chi connectivity index (χ0) is 22.1. The molecule has 0 radical (unpaired) electrons. The molecule has 0 aliphatic rings. The standard InChI is InChI=1S/C21H26ClN3O4S/c1-15(2)11-21(27)25-18-7-3-5-16(12-18)14-23-20(26)9-10-24-30(28,29)19-8-4-6-17(22)13-19/h3-8,12-13,15,24H,9-11,14H2,1-2H3,(H,23,26)(H,25,27). The van der Waals surface area contributed by atoms with Crippen LogP contribution in [0.15, 0.2) is 53.4 Å². The fourth-order valence-electron chi connectivity index (χ4n) is 2.65. The second kappa shape index (κ2) is 11.1. The number of rotatable bonds is 10. The predicted molar refractivity (Wildman–Crippen MR) is 118 cm³/mol. The third-order valence-corrected chi connectivity index (χ3v) is 5.74. The monoisotopic (exact) mass is 451 g/mol. The maximum atomic E-state index is 12.2. The van der Waals surface area contributed by atoms with Crippen LogP contribution in [0, 0.1) is 5.92 Å². The van der Waals surface area contributed by atoms with E-state index in [9.17, 15) is 18.0 Å². The SMILES string of the molecule is CC(C)CC(=O)Nc1cccc(CNC(=O)CCNS(=O)(=O)c2cccc(Cl)c2)c1.